The summed E-state index contributed by atoms with van der Waals surface area (Å²) in [5, 5.41) is 5.73. The fraction of sp³-hybridized carbons (Fsp3) is 0.480. The monoisotopic (exact) mass is 476 g/mol. The van der Waals surface area contributed by atoms with E-state index >= 15 is 0 Å². The first-order valence-corrected chi connectivity index (χ1v) is 11.3. The van der Waals surface area contributed by atoms with Gasteiger partial charge < -0.3 is 10.6 Å². The molecule has 1 aliphatic heterocycles. The number of aromatic nitrogens is 1. The third-order valence-corrected chi connectivity index (χ3v) is 5.82. The molecular weight excluding hydrogens is 445 g/mol. The Kier molecular flexibility index (Phi) is 7.65. The summed E-state index contributed by atoms with van der Waals surface area (Å²) < 4.78 is 38.8. The van der Waals surface area contributed by atoms with E-state index in [1.54, 1.807) is 12.1 Å². The summed E-state index contributed by atoms with van der Waals surface area (Å²) in [6.07, 6.45) is -3.07. The number of hydrogen-bond acceptors (Lipinski definition) is 4. The van der Waals surface area contributed by atoms with Gasteiger partial charge in [0.2, 0.25) is 5.91 Å². The molecule has 0 atom stereocenters. The highest BCUT2D eigenvalue weighted by atomic mass is 19.4. The van der Waals surface area contributed by atoms with E-state index in [1.807, 2.05) is 33.8 Å². The van der Waals surface area contributed by atoms with E-state index in [1.165, 1.54) is 12.1 Å². The molecule has 3 rings (SSSR count). The number of amides is 2. The van der Waals surface area contributed by atoms with E-state index < -0.39 is 17.8 Å². The Balaban J connectivity index is 1.63. The molecule has 184 valence electrons. The second-order valence-corrected chi connectivity index (χ2v) is 9.74. The van der Waals surface area contributed by atoms with E-state index in [0.717, 1.165) is 43.1 Å². The average Bonchev–Trinajstić information content (AvgIpc) is 2.75. The van der Waals surface area contributed by atoms with Crippen LogP contribution in [0.3, 0.4) is 0 Å². The summed E-state index contributed by atoms with van der Waals surface area (Å²) in [4.78, 5) is 30.7. The smallest absolute Gasteiger partial charge is 0.351 e. The zero-order valence-corrected chi connectivity index (χ0v) is 19.9. The second-order valence-electron chi connectivity index (χ2n) is 9.74. The van der Waals surface area contributed by atoms with Crippen molar-refractivity contribution in [1.82, 2.24) is 15.2 Å². The number of benzene rings is 1. The maximum absolute atomic E-state index is 12.9. The molecule has 1 saturated heterocycles. The molecule has 1 aliphatic rings. The van der Waals surface area contributed by atoms with Crippen LogP contribution in [-0.2, 0) is 17.5 Å². The molecule has 0 bridgehead atoms. The highest BCUT2D eigenvalue weighted by molar-refractivity contribution is 6.03. The number of piperidine rings is 1. The van der Waals surface area contributed by atoms with E-state index in [9.17, 15) is 22.8 Å². The Bertz CT molecular complexity index is 1040. The van der Waals surface area contributed by atoms with E-state index in [4.69, 9.17) is 0 Å². The van der Waals surface area contributed by atoms with Gasteiger partial charge in [0, 0.05) is 23.7 Å². The molecule has 1 aromatic carbocycles. The highest BCUT2D eigenvalue weighted by Gasteiger charge is 2.33. The molecule has 1 fully saturated rings. The Hall–Kier alpha value is -2.94. The maximum Gasteiger partial charge on any atom is 0.433 e. The summed E-state index contributed by atoms with van der Waals surface area (Å²) in [7, 11) is 0. The van der Waals surface area contributed by atoms with Gasteiger partial charge in [-0.05, 0) is 83.0 Å². The topological polar surface area (TPSA) is 74.3 Å². The van der Waals surface area contributed by atoms with Gasteiger partial charge in [0.1, 0.15) is 11.4 Å². The van der Waals surface area contributed by atoms with E-state index in [-0.39, 0.29) is 23.1 Å². The van der Waals surface area contributed by atoms with Crippen LogP contribution >= 0.6 is 0 Å². The molecule has 2 amide bonds. The molecule has 1 aromatic heterocycles. The number of nitrogens with one attached hydrogen (secondary N) is 2. The molecule has 9 heteroatoms. The second kappa shape index (κ2) is 10.1. The van der Waals surface area contributed by atoms with Gasteiger partial charge in [0.05, 0.1) is 0 Å². The fourth-order valence-corrected chi connectivity index (χ4v) is 3.96. The number of anilines is 1. The van der Waals surface area contributed by atoms with Crippen LogP contribution in [0, 0.1) is 12.8 Å². The van der Waals surface area contributed by atoms with Crippen molar-refractivity contribution in [3.8, 4) is 0 Å². The maximum atomic E-state index is 12.9. The minimum absolute atomic E-state index is 0.00200. The van der Waals surface area contributed by atoms with Crippen molar-refractivity contribution in [2.45, 2.75) is 58.8 Å². The van der Waals surface area contributed by atoms with Crippen LogP contribution in [-0.4, -0.2) is 40.3 Å². The van der Waals surface area contributed by atoms with Gasteiger partial charge in [-0.3, -0.25) is 14.5 Å². The van der Waals surface area contributed by atoms with Crippen molar-refractivity contribution in [2.75, 3.05) is 18.4 Å². The van der Waals surface area contributed by atoms with Gasteiger partial charge in [-0.1, -0.05) is 18.2 Å². The van der Waals surface area contributed by atoms with Gasteiger partial charge in [-0.15, -0.1) is 0 Å². The van der Waals surface area contributed by atoms with Gasteiger partial charge in [-0.2, -0.15) is 13.2 Å². The number of alkyl halides is 3. The molecule has 0 radical (unpaired) electrons. The van der Waals surface area contributed by atoms with Gasteiger partial charge in [0.25, 0.3) is 5.91 Å². The molecule has 0 spiro atoms. The Morgan fingerprint density at radius 2 is 1.71 bits per heavy atom. The van der Waals surface area contributed by atoms with Crippen molar-refractivity contribution in [3.05, 3.63) is 58.9 Å². The minimum Gasteiger partial charge on any atom is -0.351 e. The molecule has 2 N–H and O–H groups in total. The number of hydrogen-bond donors (Lipinski definition) is 2. The van der Waals surface area contributed by atoms with E-state index in [2.05, 4.69) is 20.5 Å². The average molecular weight is 477 g/mol. The predicted molar refractivity (Wildman–Crippen MR) is 124 cm³/mol. The minimum atomic E-state index is -4.62. The summed E-state index contributed by atoms with van der Waals surface area (Å²) in [6, 6.07) is 8.74. The molecule has 2 heterocycles. The number of halogens is 3. The fourth-order valence-electron chi connectivity index (χ4n) is 3.96. The van der Waals surface area contributed by atoms with Crippen molar-refractivity contribution in [2.24, 2.45) is 5.92 Å². The highest BCUT2D eigenvalue weighted by Crippen LogP contribution is 2.28. The molecule has 34 heavy (non-hydrogen) atoms. The van der Waals surface area contributed by atoms with Crippen molar-refractivity contribution in [1.29, 1.82) is 0 Å². The number of pyridine rings is 1. The number of nitrogens with zero attached hydrogens (tertiary/aromatic N) is 2. The lowest BCUT2D eigenvalue weighted by Crippen LogP contribution is -2.46. The van der Waals surface area contributed by atoms with Crippen LogP contribution in [0.1, 0.15) is 60.9 Å². The van der Waals surface area contributed by atoms with Crippen LogP contribution in [0.4, 0.5) is 18.9 Å². The third kappa shape index (κ3) is 6.79. The number of carbonyl (C=O) groups excluding carboxylic acids is 2. The number of rotatable bonds is 5. The molecule has 0 aliphatic carbocycles. The molecule has 0 unspecified atom stereocenters. The van der Waals surface area contributed by atoms with Crippen LogP contribution < -0.4 is 10.6 Å². The Morgan fingerprint density at radius 3 is 2.32 bits per heavy atom. The SMILES string of the molecule is Cc1c(CN2CCC(C(=O)NC(C)(C)C)CC2)cccc1NC(=O)c1cccc(C(F)(F)F)n1. The summed E-state index contributed by atoms with van der Waals surface area (Å²) in [5.74, 6) is -0.601. The van der Waals surface area contributed by atoms with Crippen molar-refractivity contribution < 1.29 is 22.8 Å². The summed E-state index contributed by atoms with van der Waals surface area (Å²) in [5.41, 5.74) is 0.726. The van der Waals surface area contributed by atoms with Gasteiger partial charge >= 0.3 is 6.18 Å². The standard InChI is InChI=1S/C25H31F3N4O2/c1-16-18(15-32-13-11-17(12-14-32)22(33)31-24(2,3)4)7-5-8-19(16)30-23(34)20-9-6-10-21(29-20)25(26,27)28/h5-10,17H,11-15H2,1-4H3,(H,30,34)(H,31,33). The first-order chi connectivity index (χ1) is 15.8. The van der Waals surface area contributed by atoms with Crippen molar-refractivity contribution in [3.63, 3.8) is 0 Å². The summed E-state index contributed by atoms with van der Waals surface area (Å²) in [6.45, 7) is 10.0. The molecule has 6 nitrogen and oxygen atoms in total. The Morgan fingerprint density at radius 1 is 1.06 bits per heavy atom. The summed E-state index contributed by atoms with van der Waals surface area (Å²) >= 11 is 0. The zero-order valence-electron chi connectivity index (χ0n) is 19.9. The number of carbonyl (C=O) groups is 2. The van der Waals surface area contributed by atoms with Crippen molar-refractivity contribution >= 4 is 17.5 Å². The van der Waals surface area contributed by atoms with Crippen LogP contribution in [0.25, 0.3) is 0 Å². The third-order valence-electron chi connectivity index (χ3n) is 5.82. The quantitative estimate of drug-likeness (QED) is 0.651. The van der Waals surface area contributed by atoms with Crippen LogP contribution in [0.15, 0.2) is 36.4 Å². The first-order valence-electron chi connectivity index (χ1n) is 11.3. The van der Waals surface area contributed by atoms with E-state index in [0.29, 0.717) is 12.2 Å². The lowest BCUT2D eigenvalue weighted by molar-refractivity contribution is -0.141. The van der Waals surface area contributed by atoms with Gasteiger partial charge in [-0.25, -0.2) is 4.98 Å². The lowest BCUT2D eigenvalue weighted by atomic mass is 9.94. The first kappa shape index (κ1) is 25.7. The molecular formula is C25H31F3N4O2. The lowest BCUT2D eigenvalue weighted by Gasteiger charge is -2.33. The molecule has 0 saturated carbocycles. The normalized spacial score (nSPS) is 15.7. The Labute approximate surface area is 197 Å². The largest absolute Gasteiger partial charge is 0.433 e. The van der Waals surface area contributed by atoms with Gasteiger partial charge in [0.15, 0.2) is 0 Å². The van der Waals surface area contributed by atoms with Crippen LogP contribution in [0.2, 0.25) is 0 Å². The zero-order chi connectivity index (χ0) is 25.1. The molecule has 2 aromatic rings. The number of likely N-dealkylation sites (tertiary alicyclic amines) is 1. The predicted octanol–water partition coefficient (Wildman–Crippen LogP) is 4.79. The van der Waals surface area contributed by atoms with Crippen LogP contribution in [0.5, 0.6) is 0 Å².